The number of rotatable bonds is 17. The molecule has 0 aliphatic carbocycles. The van der Waals surface area contributed by atoms with Gasteiger partial charge in [-0.1, -0.05) is 83.8 Å². The summed E-state index contributed by atoms with van der Waals surface area (Å²) < 4.78 is 10.5. The van der Waals surface area contributed by atoms with Gasteiger partial charge in [0.25, 0.3) is 0 Å². The zero-order chi connectivity index (χ0) is 22.0. The maximum atomic E-state index is 12.5. The number of aryl methyl sites for hydroxylation is 1. The Kier molecular flexibility index (Phi) is 14.8. The molecule has 0 aromatic heterocycles. The number of carbonyl (C=O) groups is 2. The van der Waals surface area contributed by atoms with Gasteiger partial charge >= 0.3 is 11.9 Å². The fourth-order valence-electron chi connectivity index (χ4n) is 3.51. The number of esters is 2. The zero-order valence-electron chi connectivity index (χ0n) is 19.4. The quantitative estimate of drug-likeness (QED) is 0.201. The van der Waals surface area contributed by atoms with Crippen molar-refractivity contribution in [3.05, 3.63) is 35.4 Å². The van der Waals surface area contributed by atoms with E-state index in [4.69, 9.17) is 9.47 Å². The van der Waals surface area contributed by atoms with Crippen molar-refractivity contribution in [1.82, 2.24) is 0 Å². The molecule has 4 heteroatoms. The molecule has 0 N–H and O–H groups in total. The van der Waals surface area contributed by atoms with Crippen LogP contribution in [0, 0.1) is 0 Å². The van der Waals surface area contributed by atoms with Gasteiger partial charge in [0.1, 0.15) is 0 Å². The summed E-state index contributed by atoms with van der Waals surface area (Å²) in [7, 11) is 0. The van der Waals surface area contributed by atoms with Crippen molar-refractivity contribution >= 4 is 11.9 Å². The summed E-state index contributed by atoms with van der Waals surface area (Å²) in [5.74, 6) is -0.906. The fourth-order valence-corrected chi connectivity index (χ4v) is 3.51. The van der Waals surface area contributed by atoms with Gasteiger partial charge in [-0.3, -0.25) is 0 Å². The Hall–Kier alpha value is -1.84. The molecule has 0 saturated heterocycles. The van der Waals surface area contributed by atoms with Gasteiger partial charge in [0.2, 0.25) is 0 Å². The number of benzene rings is 1. The van der Waals surface area contributed by atoms with Crippen LogP contribution >= 0.6 is 0 Å². The number of hydrogen-bond acceptors (Lipinski definition) is 4. The van der Waals surface area contributed by atoms with Crippen molar-refractivity contribution in [2.24, 2.45) is 0 Å². The van der Waals surface area contributed by atoms with Crippen LogP contribution in [0.1, 0.15) is 114 Å². The average Bonchev–Trinajstić information content (AvgIpc) is 2.75. The van der Waals surface area contributed by atoms with E-state index in [1.165, 1.54) is 56.9 Å². The summed E-state index contributed by atoms with van der Waals surface area (Å²) in [4.78, 5) is 24.6. The van der Waals surface area contributed by atoms with Crippen LogP contribution in [-0.4, -0.2) is 24.6 Å². The molecule has 1 aromatic carbocycles. The maximum absolute atomic E-state index is 12.5. The summed E-state index contributed by atoms with van der Waals surface area (Å²) in [5.41, 5.74) is 1.72. The lowest BCUT2D eigenvalue weighted by Crippen LogP contribution is -2.29. The third-order valence-corrected chi connectivity index (χ3v) is 5.38. The van der Waals surface area contributed by atoms with Crippen LogP contribution in [0.4, 0.5) is 0 Å². The molecule has 1 atom stereocenters. The van der Waals surface area contributed by atoms with E-state index in [0.29, 0.717) is 12.0 Å². The van der Waals surface area contributed by atoms with Gasteiger partial charge in [0.05, 0.1) is 12.2 Å². The van der Waals surface area contributed by atoms with Crippen LogP contribution in [-0.2, 0) is 20.7 Å². The highest BCUT2D eigenvalue weighted by molar-refractivity contribution is 5.91. The molecule has 4 nitrogen and oxygen atoms in total. The SMILES string of the molecule is CCCCCCCCCCc1ccc(C(=O)OC(CCCCC)C(=O)OCC)cc1. The molecule has 0 radical (unpaired) electrons. The number of ether oxygens (including phenoxy) is 2. The minimum atomic E-state index is -0.819. The summed E-state index contributed by atoms with van der Waals surface area (Å²) >= 11 is 0. The second-order valence-electron chi connectivity index (χ2n) is 8.06. The van der Waals surface area contributed by atoms with Crippen LogP contribution in [0.2, 0.25) is 0 Å². The molecular formula is C26H42O4. The second-order valence-corrected chi connectivity index (χ2v) is 8.06. The van der Waals surface area contributed by atoms with E-state index in [1.807, 2.05) is 12.1 Å². The predicted octanol–water partition coefficient (Wildman–Crippen LogP) is 7.04. The molecule has 1 rings (SSSR count). The van der Waals surface area contributed by atoms with Crippen molar-refractivity contribution in [2.45, 2.75) is 110 Å². The van der Waals surface area contributed by atoms with Gasteiger partial charge in [-0.05, 0) is 50.3 Å². The van der Waals surface area contributed by atoms with Crippen molar-refractivity contribution < 1.29 is 19.1 Å². The molecule has 0 amide bonds. The summed E-state index contributed by atoms with van der Waals surface area (Å²) in [6, 6.07) is 7.59. The molecule has 0 bridgehead atoms. The Labute approximate surface area is 183 Å². The largest absolute Gasteiger partial charge is 0.463 e. The highest BCUT2D eigenvalue weighted by atomic mass is 16.6. The molecule has 30 heavy (non-hydrogen) atoms. The first kappa shape index (κ1) is 26.2. The van der Waals surface area contributed by atoms with Crippen molar-refractivity contribution in [3.63, 3.8) is 0 Å². The number of hydrogen-bond donors (Lipinski definition) is 0. The van der Waals surface area contributed by atoms with Crippen LogP contribution in [0.25, 0.3) is 0 Å². The molecule has 0 aliphatic rings. The summed E-state index contributed by atoms with van der Waals surface area (Å²) in [6.07, 6.45) is 14.1. The lowest BCUT2D eigenvalue weighted by Gasteiger charge is -2.16. The second kappa shape index (κ2) is 16.9. The van der Waals surface area contributed by atoms with Gasteiger partial charge in [0.15, 0.2) is 6.10 Å². The van der Waals surface area contributed by atoms with Crippen molar-refractivity contribution in [3.8, 4) is 0 Å². The number of carbonyl (C=O) groups excluding carboxylic acids is 2. The van der Waals surface area contributed by atoms with Crippen LogP contribution in [0.15, 0.2) is 24.3 Å². The van der Waals surface area contributed by atoms with Crippen LogP contribution < -0.4 is 0 Å². The lowest BCUT2D eigenvalue weighted by atomic mass is 10.0. The van der Waals surface area contributed by atoms with Crippen LogP contribution in [0.5, 0.6) is 0 Å². The first-order valence-electron chi connectivity index (χ1n) is 12.1. The molecule has 0 spiro atoms. The monoisotopic (exact) mass is 418 g/mol. The van der Waals surface area contributed by atoms with Gasteiger partial charge in [-0.2, -0.15) is 0 Å². The summed E-state index contributed by atoms with van der Waals surface area (Å²) in [6.45, 7) is 6.39. The molecule has 1 unspecified atom stereocenters. The molecule has 0 heterocycles. The Bertz CT molecular complexity index is 579. The Morgan fingerprint density at radius 2 is 1.33 bits per heavy atom. The average molecular weight is 419 g/mol. The van der Waals surface area contributed by atoms with E-state index < -0.39 is 18.0 Å². The molecule has 0 aliphatic heterocycles. The van der Waals surface area contributed by atoms with E-state index in [0.717, 1.165) is 25.7 Å². The van der Waals surface area contributed by atoms with E-state index >= 15 is 0 Å². The smallest absolute Gasteiger partial charge is 0.347 e. The maximum Gasteiger partial charge on any atom is 0.347 e. The van der Waals surface area contributed by atoms with E-state index in [9.17, 15) is 9.59 Å². The summed E-state index contributed by atoms with van der Waals surface area (Å²) in [5, 5.41) is 0. The van der Waals surface area contributed by atoms with Crippen molar-refractivity contribution in [2.75, 3.05) is 6.61 Å². The van der Waals surface area contributed by atoms with Gasteiger partial charge < -0.3 is 9.47 Å². The minimum Gasteiger partial charge on any atom is -0.463 e. The third kappa shape index (κ3) is 11.4. The Balaban J connectivity index is 2.42. The lowest BCUT2D eigenvalue weighted by molar-refractivity contribution is -0.153. The van der Waals surface area contributed by atoms with E-state index in [1.54, 1.807) is 19.1 Å². The molecule has 0 saturated carbocycles. The van der Waals surface area contributed by atoms with Gasteiger partial charge in [-0.25, -0.2) is 9.59 Å². The standard InChI is InChI=1S/C26H42O4/c1-4-7-9-10-11-12-13-15-16-22-18-20-23(21-19-22)25(27)30-24(17-14-8-5-2)26(28)29-6-3/h18-21,24H,4-17H2,1-3H3. The molecular weight excluding hydrogens is 376 g/mol. The number of unbranched alkanes of at least 4 members (excludes halogenated alkanes) is 9. The first-order valence-corrected chi connectivity index (χ1v) is 12.1. The highest BCUT2D eigenvalue weighted by Gasteiger charge is 2.24. The topological polar surface area (TPSA) is 52.6 Å². The predicted molar refractivity (Wildman–Crippen MR) is 123 cm³/mol. The van der Waals surface area contributed by atoms with Crippen LogP contribution in [0.3, 0.4) is 0 Å². The van der Waals surface area contributed by atoms with Gasteiger partial charge in [-0.15, -0.1) is 0 Å². The normalized spacial score (nSPS) is 11.8. The molecule has 170 valence electrons. The van der Waals surface area contributed by atoms with E-state index in [-0.39, 0.29) is 6.61 Å². The Morgan fingerprint density at radius 1 is 0.767 bits per heavy atom. The minimum absolute atomic E-state index is 0.286. The zero-order valence-corrected chi connectivity index (χ0v) is 19.4. The van der Waals surface area contributed by atoms with E-state index in [2.05, 4.69) is 13.8 Å². The van der Waals surface area contributed by atoms with Crippen molar-refractivity contribution in [1.29, 1.82) is 0 Å². The molecule has 0 fully saturated rings. The molecule has 1 aromatic rings. The first-order chi connectivity index (χ1) is 14.6. The third-order valence-electron chi connectivity index (χ3n) is 5.38. The Morgan fingerprint density at radius 3 is 1.93 bits per heavy atom. The van der Waals surface area contributed by atoms with Gasteiger partial charge in [0, 0.05) is 0 Å². The fraction of sp³-hybridized carbons (Fsp3) is 0.692. The highest BCUT2D eigenvalue weighted by Crippen LogP contribution is 2.15.